The number of esters is 1. The van der Waals surface area contributed by atoms with E-state index < -0.39 is 16.0 Å². The van der Waals surface area contributed by atoms with Crippen molar-refractivity contribution < 1.29 is 17.9 Å². The summed E-state index contributed by atoms with van der Waals surface area (Å²) in [6, 6.07) is 6.15. The molecule has 0 aromatic heterocycles. The zero-order chi connectivity index (χ0) is 15.2. The molecule has 0 aliphatic rings. The molecule has 0 bridgehead atoms. The van der Waals surface area contributed by atoms with Gasteiger partial charge in [-0.2, -0.15) is 5.26 Å². The second-order valence-corrected chi connectivity index (χ2v) is 6.18. The molecule has 6 nitrogen and oxygen atoms in total. The molecule has 20 heavy (non-hydrogen) atoms. The number of carbonyl (C=O) groups excluding carboxylic acids is 1. The van der Waals surface area contributed by atoms with Crippen molar-refractivity contribution in [2.75, 3.05) is 17.6 Å². The molecule has 8 heteroatoms. The van der Waals surface area contributed by atoms with E-state index in [1.165, 1.54) is 25.3 Å². The van der Waals surface area contributed by atoms with Gasteiger partial charge in [-0.05, 0) is 24.6 Å². The second kappa shape index (κ2) is 7.12. The largest absolute Gasteiger partial charge is 0.469 e. The van der Waals surface area contributed by atoms with Crippen LogP contribution in [0.1, 0.15) is 18.4 Å². The van der Waals surface area contributed by atoms with E-state index in [-0.39, 0.29) is 29.8 Å². The fraction of sp³-hybridized carbons (Fsp3) is 0.333. The molecule has 0 heterocycles. The van der Waals surface area contributed by atoms with Crippen LogP contribution >= 0.6 is 11.6 Å². The summed E-state index contributed by atoms with van der Waals surface area (Å²) in [5.74, 6) is -0.722. The maximum absolute atomic E-state index is 11.8. The molecule has 0 fully saturated rings. The van der Waals surface area contributed by atoms with Gasteiger partial charge in [0, 0.05) is 11.4 Å². The van der Waals surface area contributed by atoms with Crippen molar-refractivity contribution >= 4 is 33.3 Å². The third kappa shape index (κ3) is 5.07. The predicted molar refractivity (Wildman–Crippen MR) is 74.8 cm³/mol. The van der Waals surface area contributed by atoms with Gasteiger partial charge in [-0.3, -0.25) is 9.52 Å². The first kappa shape index (κ1) is 16.3. The lowest BCUT2D eigenvalue weighted by Crippen LogP contribution is -2.18. The molecule has 0 spiro atoms. The third-order valence-electron chi connectivity index (χ3n) is 2.39. The number of rotatable bonds is 6. The number of hydrogen-bond donors (Lipinski definition) is 1. The van der Waals surface area contributed by atoms with Crippen LogP contribution in [0.2, 0.25) is 5.02 Å². The highest BCUT2D eigenvalue weighted by atomic mass is 35.5. The fourth-order valence-corrected chi connectivity index (χ4v) is 2.73. The van der Waals surface area contributed by atoms with Gasteiger partial charge in [0.25, 0.3) is 0 Å². The van der Waals surface area contributed by atoms with Gasteiger partial charge in [0.1, 0.15) is 6.07 Å². The van der Waals surface area contributed by atoms with Crippen LogP contribution in [0.4, 0.5) is 5.69 Å². The maximum atomic E-state index is 11.8. The smallest absolute Gasteiger partial charge is 0.305 e. The Hall–Kier alpha value is -1.78. The quantitative estimate of drug-likeness (QED) is 0.809. The number of nitriles is 1. The number of nitrogens with one attached hydrogen (secondary N) is 1. The van der Waals surface area contributed by atoms with Crippen LogP contribution in [0.3, 0.4) is 0 Å². The zero-order valence-corrected chi connectivity index (χ0v) is 12.3. The Balaban J connectivity index is 2.74. The molecular formula is C12H13ClN2O4S. The normalized spacial score (nSPS) is 10.7. The number of benzene rings is 1. The van der Waals surface area contributed by atoms with E-state index in [2.05, 4.69) is 9.46 Å². The van der Waals surface area contributed by atoms with Crippen LogP contribution in [0, 0.1) is 11.3 Å². The van der Waals surface area contributed by atoms with Crippen LogP contribution in [-0.4, -0.2) is 27.2 Å². The molecule has 0 aliphatic heterocycles. The van der Waals surface area contributed by atoms with Crippen LogP contribution in [-0.2, 0) is 19.6 Å². The lowest BCUT2D eigenvalue weighted by Gasteiger charge is -2.09. The predicted octanol–water partition coefficient (Wildman–Crippen LogP) is 1.91. The van der Waals surface area contributed by atoms with Gasteiger partial charge in [0.05, 0.1) is 24.1 Å². The third-order valence-corrected chi connectivity index (χ3v) is 3.98. The fourth-order valence-electron chi connectivity index (χ4n) is 1.43. The number of nitrogens with zero attached hydrogens (tertiary/aromatic N) is 1. The summed E-state index contributed by atoms with van der Waals surface area (Å²) in [5.41, 5.74) is 0.295. The van der Waals surface area contributed by atoms with Crippen LogP contribution in [0.25, 0.3) is 0 Å². The summed E-state index contributed by atoms with van der Waals surface area (Å²) in [7, 11) is -2.42. The molecular weight excluding hydrogens is 304 g/mol. The van der Waals surface area contributed by atoms with E-state index in [0.29, 0.717) is 5.02 Å². The molecule has 1 aromatic rings. The van der Waals surface area contributed by atoms with Crippen LogP contribution in [0.15, 0.2) is 18.2 Å². The molecule has 0 saturated heterocycles. The van der Waals surface area contributed by atoms with Gasteiger partial charge in [-0.15, -0.1) is 0 Å². The van der Waals surface area contributed by atoms with Gasteiger partial charge >= 0.3 is 5.97 Å². The van der Waals surface area contributed by atoms with Gasteiger partial charge in [0.15, 0.2) is 0 Å². The molecule has 1 N–H and O–H groups in total. The van der Waals surface area contributed by atoms with Crippen molar-refractivity contribution in [1.29, 1.82) is 5.26 Å². The average molecular weight is 317 g/mol. The Labute approximate surface area is 122 Å². The van der Waals surface area contributed by atoms with Crippen molar-refractivity contribution in [3.8, 4) is 6.07 Å². The topological polar surface area (TPSA) is 96.3 Å². The Morgan fingerprint density at radius 3 is 2.80 bits per heavy atom. The molecule has 108 valence electrons. The number of methoxy groups -OCH3 is 1. The lowest BCUT2D eigenvalue weighted by molar-refractivity contribution is -0.140. The Morgan fingerprint density at radius 1 is 1.50 bits per heavy atom. The monoisotopic (exact) mass is 316 g/mol. The number of hydrogen-bond acceptors (Lipinski definition) is 5. The number of halogens is 1. The Bertz CT molecular complexity index is 637. The van der Waals surface area contributed by atoms with Crippen molar-refractivity contribution in [2.24, 2.45) is 0 Å². The number of anilines is 1. The first-order chi connectivity index (χ1) is 9.38. The lowest BCUT2D eigenvalue weighted by atomic mass is 10.2. The molecule has 1 aromatic carbocycles. The average Bonchev–Trinajstić information content (AvgIpc) is 2.38. The van der Waals surface area contributed by atoms with E-state index in [1.54, 1.807) is 0 Å². The zero-order valence-electron chi connectivity index (χ0n) is 10.7. The SMILES string of the molecule is COC(=O)CCCS(=O)(=O)Nc1cc(Cl)ccc1C#N. The summed E-state index contributed by atoms with van der Waals surface area (Å²) in [5, 5.41) is 9.21. The Kier molecular flexibility index (Phi) is 5.80. The molecule has 0 radical (unpaired) electrons. The van der Waals surface area contributed by atoms with Crippen molar-refractivity contribution in [2.45, 2.75) is 12.8 Å². The highest BCUT2D eigenvalue weighted by molar-refractivity contribution is 7.92. The second-order valence-electron chi connectivity index (χ2n) is 3.90. The summed E-state index contributed by atoms with van der Waals surface area (Å²) in [4.78, 5) is 10.9. The van der Waals surface area contributed by atoms with Crippen LogP contribution < -0.4 is 4.72 Å². The highest BCUT2D eigenvalue weighted by Gasteiger charge is 2.14. The van der Waals surface area contributed by atoms with E-state index in [1.807, 2.05) is 6.07 Å². The van der Waals surface area contributed by atoms with Gasteiger partial charge in [-0.1, -0.05) is 11.6 Å². The molecule has 0 saturated carbocycles. The standard InChI is InChI=1S/C12H13ClN2O4S/c1-19-12(16)3-2-6-20(17,18)15-11-7-10(13)5-4-9(11)8-14/h4-5,7,15H,2-3,6H2,1H3. The first-order valence-electron chi connectivity index (χ1n) is 5.65. The summed E-state index contributed by atoms with van der Waals surface area (Å²) in [6.45, 7) is 0. The summed E-state index contributed by atoms with van der Waals surface area (Å²) in [6.07, 6.45) is 0.141. The van der Waals surface area contributed by atoms with Gasteiger partial charge < -0.3 is 4.74 Å². The number of sulfonamides is 1. The van der Waals surface area contributed by atoms with E-state index in [0.717, 1.165) is 0 Å². The van der Waals surface area contributed by atoms with Crippen molar-refractivity contribution in [3.05, 3.63) is 28.8 Å². The van der Waals surface area contributed by atoms with Gasteiger partial charge in [0.2, 0.25) is 10.0 Å². The van der Waals surface area contributed by atoms with E-state index >= 15 is 0 Å². The molecule has 0 atom stereocenters. The molecule has 0 amide bonds. The summed E-state index contributed by atoms with van der Waals surface area (Å²) < 4.78 is 30.4. The molecule has 0 unspecified atom stereocenters. The number of ether oxygens (including phenoxy) is 1. The highest BCUT2D eigenvalue weighted by Crippen LogP contribution is 2.21. The minimum absolute atomic E-state index is 0.0120. The summed E-state index contributed by atoms with van der Waals surface area (Å²) >= 11 is 5.76. The first-order valence-corrected chi connectivity index (χ1v) is 7.68. The Morgan fingerprint density at radius 2 is 2.20 bits per heavy atom. The minimum atomic E-state index is -3.66. The molecule has 0 aliphatic carbocycles. The van der Waals surface area contributed by atoms with Crippen molar-refractivity contribution in [1.82, 2.24) is 0 Å². The van der Waals surface area contributed by atoms with Gasteiger partial charge in [-0.25, -0.2) is 8.42 Å². The molecule has 1 rings (SSSR count). The van der Waals surface area contributed by atoms with Crippen LogP contribution in [0.5, 0.6) is 0 Å². The van der Waals surface area contributed by atoms with E-state index in [4.69, 9.17) is 16.9 Å². The maximum Gasteiger partial charge on any atom is 0.305 e. The number of carbonyl (C=O) groups is 1. The van der Waals surface area contributed by atoms with E-state index in [9.17, 15) is 13.2 Å². The minimum Gasteiger partial charge on any atom is -0.469 e. The van der Waals surface area contributed by atoms with Crippen molar-refractivity contribution in [3.63, 3.8) is 0 Å².